The minimum atomic E-state index is -4.15. The average molecular weight is 225 g/mol. The van der Waals surface area contributed by atoms with E-state index in [2.05, 4.69) is 0 Å². The van der Waals surface area contributed by atoms with Gasteiger partial charge in [-0.15, -0.1) is 0 Å². The first-order chi connectivity index (χ1) is 6.59. The number of hydrogen-bond acceptors (Lipinski definition) is 1. The molecule has 0 amide bonds. The third-order valence-corrected chi connectivity index (χ3v) is 3.01. The van der Waals surface area contributed by atoms with Crippen LogP contribution in [0, 0.1) is 11.8 Å². The Kier molecular flexibility index (Phi) is 5.10. The van der Waals surface area contributed by atoms with Gasteiger partial charge in [-0.2, -0.15) is 13.2 Å². The summed E-state index contributed by atoms with van der Waals surface area (Å²) >= 11 is 0. The molecule has 0 aromatic carbocycles. The average Bonchev–Trinajstić information content (AvgIpc) is 1.98. The van der Waals surface area contributed by atoms with Crippen LogP contribution in [0.2, 0.25) is 0 Å². The molecule has 92 valence electrons. The van der Waals surface area contributed by atoms with Crippen LogP contribution in [0.4, 0.5) is 13.2 Å². The maximum Gasteiger partial charge on any atom is 0.404 e. The van der Waals surface area contributed by atoms with Gasteiger partial charge in [-0.05, 0) is 25.8 Å². The SMILES string of the molecule is CC(C)[C@H](N(C)[C@@H](C)C(C)C)C(F)(F)F. The van der Waals surface area contributed by atoms with Crippen molar-refractivity contribution in [2.45, 2.75) is 52.9 Å². The summed E-state index contributed by atoms with van der Waals surface area (Å²) in [6.45, 7) is 8.94. The van der Waals surface area contributed by atoms with E-state index < -0.39 is 18.1 Å². The summed E-state index contributed by atoms with van der Waals surface area (Å²) in [7, 11) is 1.56. The van der Waals surface area contributed by atoms with Crippen LogP contribution in [0.25, 0.3) is 0 Å². The van der Waals surface area contributed by atoms with Crippen molar-refractivity contribution in [1.29, 1.82) is 0 Å². The van der Waals surface area contributed by atoms with Crippen LogP contribution in [-0.4, -0.2) is 30.2 Å². The molecule has 0 unspecified atom stereocenters. The van der Waals surface area contributed by atoms with Crippen molar-refractivity contribution in [3.05, 3.63) is 0 Å². The molecule has 0 aliphatic rings. The van der Waals surface area contributed by atoms with Crippen molar-refractivity contribution >= 4 is 0 Å². The van der Waals surface area contributed by atoms with Crippen LogP contribution in [0.3, 0.4) is 0 Å². The van der Waals surface area contributed by atoms with Gasteiger partial charge >= 0.3 is 6.18 Å². The minimum Gasteiger partial charge on any atom is -0.292 e. The number of hydrogen-bond donors (Lipinski definition) is 0. The Labute approximate surface area is 90.6 Å². The predicted octanol–water partition coefficient (Wildman–Crippen LogP) is 3.55. The van der Waals surface area contributed by atoms with Gasteiger partial charge in [0.25, 0.3) is 0 Å². The molecule has 0 fully saturated rings. The molecule has 0 bridgehead atoms. The molecule has 0 aliphatic heterocycles. The lowest BCUT2D eigenvalue weighted by Crippen LogP contribution is -2.51. The normalized spacial score (nSPS) is 17.6. The molecular weight excluding hydrogens is 203 g/mol. The fourth-order valence-electron chi connectivity index (χ4n) is 1.80. The van der Waals surface area contributed by atoms with Crippen molar-refractivity contribution in [2.24, 2.45) is 11.8 Å². The Morgan fingerprint density at radius 3 is 1.47 bits per heavy atom. The van der Waals surface area contributed by atoms with E-state index >= 15 is 0 Å². The van der Waals surface area contributed by atoms with Gasteiger partial charge < -0.3 is 0 Å². The van der Waals surface area contributed by atoms with Crippen LogP contribution < -0.4 is 0 Å². The lowest BCUT2D eigenvalue weighted by Gasteiger charge is -2.38. The van der Waals surface area contributed by atoms with Gasteiger partial charge in [-0.25, -0.2) is 0 Å². The number of rotatable bonds is 4. The summed E-state index contributed by atoms with van der Waals surface area (Å²) < 4.78 is 38.4. The molecule has 0 aromatic rings. The van der Waals surface area contributed by atoms with E-state index in [1.54, 1.807) is 20.9 Å². The molecule has 0 rings (SSSR count). The van der Waals surface area contributed by atoms with Crippen molar-refractivity contribution in [3.63, 3.8) is 0 Å². The first-order valence-electron chi connectivity index (χ1n) is 5.37. The zero-order chi connectivity index (χ0) is 12.4. The van der Waals surface area contributed by atoms with Gasteiger partial charge in [0, 0.05) is 6.04 Å². The van der Waals surface area contributed by atoms with Crippen molar-refractivity contribution in [2.75, 3.05) is 7.05 Å². The molecule has 0 saturated carbocycles. The van der Waals surface area contributed by atoms with Gasteiger partial charge in [0.1, 0.15) is 6.04 Å². The zero-order valence-corrected chi connectivity index (χ0v) is 10.4. The maximum atomic E-state index is 12.8. The fraction of sp³-hybridized carbons (Fsp3) is 1.00. The molecule has 0 heterocycles. The standard InChI is InChI=1S/C11H22F3N/c1-7(2)9(5)15(6)10(8(3)4)11(12,13)14/h7-10H,1-6H3/t9-,10-/m0/s1. The van der Waals surface area contributed by atoms with Crippen LogP contribution >= 0.6 is 0 Å². The molecule has 4 heteroatoms. The molecule has 15 heavy (non-hydrogen) atoms. The second kappa shape index (κ2) is 5.19. The Balaban J connectivity index is 4.79. The molecule has 0 aliphatic carbocycles. The van der Waals surface area contributed by atoms with Crippen molar-refractivity contribution < 1.29 is 13.2 Å². The highest BCUT2D eigenvalue weighted by Gasteiger charge is 2.45. The minimum absolute atomic E-state index is 0.0703. The molecule has 0 radical (unpaired) electrons. The van der Waals surface area contributed by atoms with Gasteiger partial charge in [0.05, 0.1) is 0 Å². The molecule has 0 saturated heterocycles. The molecule has 0 N–H and O–H groups in total. The molecule has 0 spiro atoms. The number of halogens is 3. The molecule has 0 aromatic heterocycles. The summed E-state index contributed by atoms with van der Waals surface area (Å²) in [5.41, 5.74) is 0. The number of alkyl halides is 3. The Bertz CT molecular complexity index is 187. The summed E-state index contributed by atoms with van der Waals surface area (Å²) in [5.74, 6) is -0.199. The molecular formula is C11H22F3N. The predicted molar refractivity (Wildman–Crippen MR) is 56.7 cm³/mol. The van der Waals surface area contributed by atoms with Crippen LogP contribution in [0.1, 0.15) is 34.6 Å². The van der Waals surface area contributed by atoms with E-state index in [0.717, 1.165) is 0 Å². The van der Waals surface area contributed by atoms with Crippen molar-refractivity contribution in [1.82, 2.24) is 4.90 Å². The second-order valence-electron chi connectivity index (χ2n) is 4.88. The van der Waals surface area contributed by atoms with Gasteiger partial charge in [0.15, 0.2) is 0 Å². The first kappa shape index (κ1) is 14.8. The highest BCUT2D eigenvalue weighted by Crippen LogP contribution is 2.31. The summed E-state index contributed by atoms with van der Waals surface area (Å²) in [4.78, 5) is 1.44. The highest BCUT2D eigenvalue weighted by atomic mass is 19.4. The fourth-order valence-corrected chi connectivity index (χ4v) is 1.80. The topological polar surface area (TPSA) is 3.24 Å². The van der Waals surface area contributed by atoms with Gasteiger partial charge in [-0.3, -0.25) is 4.90 Å². The van der Waals surface area contributed by atoms with Crippen LogP contribution in [-0.2, 0) is 0 Å². The third kappa shape index (κ3) is 4.01. The van der Waals surface area contributed by atoms with E-state index in [1.807, 2.05) is 20.8 Å². The monoisotopic (exact) mass is 225 g/mol. The van der Waals surface area contributed by atoms with Crippen molar-refractivity contribution in [3.8, 4) is 0 Å². The zero-order valence-electron chi connectivity index (χ0n) is 10.4. The third-order valence-electron chi connectivity index (χ3n) is 3.01. The molecule has 1 nitrogen and oxygen atoms in total. The second-order valence-corrected chi connectivity index (χ2v) is 4.88. The summed E-state index contributed by atoms with van der Waals surface area (Å²) in [6, 6.07) is -1.42. The summed E-state index contributed by atoms with van der Waals surface area (Å²) in [6.07, 6.45) is -4.15. The van der Waals surface area contributed by atoms with E-state index in [1.165, 1.54) is 4.90 Å². The van der Waals surface area contributed by atoms with Gasteiger partial charge in [-0.1, -0.05) is 27.7 Å². The lowest BCUT2D eigenvalue weighted by molar-refractivity contribution is -0.198. The maximum absolute atomic E-state index is 12.8. The molecule has 2 atom stereocenters. The van der Waals surface area contributed by atoms with E-state index in [-0.39, 0.29) is 12.0 Å². The lowest BCUT2D eigenvalue weighted by atomic mass is 9.97. The highest BCUT2D eigenvalue weighted by molar-refractivity contribution is 4.83. The van der Waals surface area contributed by atoms with E-state index in [0.29, 0.717) is 0 Å². The van der Waals surface area contributed by atoms with Crippen LogP contribution in [0.15, 0.2) is 0 Å². The van der Waals surface area contributed by atoms with Gasteiger partial charge in [0.2, 0.25) is 0 Å². The van der Waals surface area contributed by atoms with Crippen LogP contribution in [0.5, 0.6) is 0 Å². The largest absolute Gasteiger partial charge is 0.404 e. The first-order valence-corrected chi connectivity index (χ1v) is 5.37. The summed E-state index contributed by atoms with van der Waals surface area (Å²) in [5, 5.41) is 0. The Morgan fingerprint density at radius 2 is 1.27 bits per heavy atom. The van der Waals surface area contributed by atoms with E-state index in [4.69, 9.17) is 0 Å². The Morgan fingerprint density at radius 1 is 0.867 bits per heavy atom. The Hall–Kier alpha value is -0.250. The quantitative estimate of drug-likeness (QED) is 0.707. The van der Waals surface area contributed by atoms with E-state index in [9.17, 15) is 13.2 Å². The smallest absolute Gasteiger partial charge is 0.292 e. The number of nitrogens with zero attached hydrogens (tertiary/aromatic N) is 1.